The predicted molar refractivity (Wildman–Crippen MR) is 71.0 cm³/mol. The SMILES string of the molecule is Cc1ccc(C)c(N2CCC(C#N)(C#N)CC2)c1. The van der Waals surface area contributed by atoms with E-state index < -0.39 is 5.41 Å². The Morgan fingerprint density at radius 3 is 2.28 bits per heavy atom. The molecule has 0 radical (unpaired) electrons. The Morgan fingerprint density at radius 1 is 1.11 bits per heavy atom. The van der Waals surface area contributed by atoms with Crippen LogP contribution in [-0.4, -0.2) is 13.1 Å². The number of aryl methyl sites for hydroxylation is 2. The van der Waals surface area contributed by atoms with E-state index in [4.69, 9.17) is 10.5 Å². The molecule has 1 heterocycles. The molecule has 3 heteroatoms. The van der Waals surface area contributed by atoms with E-state index >= 15 is 0 Å². The Hall–Kier alpha value is -2.00. The predicted octanol–water partition coefficient (Wildman–Crippen LogP) is 2.94. The highest BCUT2D eigenvalue weighted by Crippen LogP contribution is 2.33. The molecule has 1 fully saturated rings. The first-order valence-corrected chi connectivity index (χ1v) is 6.25. The van der Waals surface area contributed by atoms with Crippen molar-refractivity contribution in [2.45, 2.75) is 26.7 Å². The minimum atomic E-state index is -0.770. The van der Waals surface area contributed by atoms with Gasteiger partial charge in [0, 0.05) is 18.8 Å². The molecule has 1 aromatic carbocycles. The van der Waals surface area contributed by atoms with Gasteiger partial charge in [-0.3, -0.25) is 0 Å². The lowest BCUT2D eigenvalue weighted by molar-refractivity contribution is 0.393. The molecule has 2 rings (SSSR count). The van der Waals surface area contributed by atoms with Gasteiger partial charge in [-0.05, 0) is 43.9 Å². The molecule has 1 aromatic rings. The topological polar surface area (TPSA) is 50.8 Å². The summed E-state index contributed by atoms with van der Waals surface area (Å²) in [5, 5.41) is 18.2. The lowest BCUT2D eigenvalue weighted by Gasteiger charge is -2.35. The van der Waals surface area contributed by atoms with E-state index in [9.17, 15) is 0 Å². The number of rotatable bonds is 1. The summed E-state index contributed by atoms with van der Waals surface area (Å²) in [4.78, 5) is 2.29. The van der Waals surface area contributed by atoms with Crippen LogP contribution in [0, 0.1) is 41.9 Å². The standard InChI is InChI=1S/C15H17N3/c1-12-3-4-13(2)14(9-12)18-7-5-15(10-16,11-17)6-8-18/h3-4,9H,5-8H2,1-2H3. The fourth-order valence-corrected chi connectivity index (χ4v) is 2.44. The molecule has 92 valence electrons. The van der Waals surface area contributed by atoms with Gasteiger partial charge in [0.25, 0.3) is 0 Å². The zero-order valence-electron chi connectivity index (χ0n) is 10.9. The first kappa shape index (κ1) is 12.5. The van der Waals surface area contributed by atoms with Gasteiger partial charge in [0.2, 0.25) is 0 Å². The molecule has 0 amide bonds. The second-order valence-electron chi connectivity index (χ2n) is 5.08. The van der Waals surface area contributed by atoms with Crippen LogP contribution in [0.15, 0.2) is 18.2 Å². The van der Waals surface area contributed by atoms with Crippen LogP contribution < -0.4 is 4.90 Å². The van der Waals surface area contributed by atoms with Crippen molar-refractivity contribution in [2.24, 2.45) is 5.41 Å². The van der Waals surface area contributed by atoms with Crippen LogP contribution in [0.2, 0.25) is 0 Å². The van der Waals surface area contributed by atoms with Gasteiger partial charge < -0.3 is 4.90 Å². The highest BCUT2D eigenvalue weighted by molar-refractivity contribution is 5.55. The Bertz CT molecular complexity index is 510. The monoisotopic (exact) mass is 239 g/mol. The summed E-state index contributed by atoms with van der Waals surface area (Å²) in [7, 11) is 0. The van der Waals surface area contributed by atoms with E-state index in [2.05, 4.69) is 49.1 Å². The molecule has 3 nitrogen and oxygen atoms in total. The molecule has 0 spiro atoms. The van der Waals surface area contributed by atoms with Crippen molar-refractivity contribution < 1.29 is 0 Å². The van der Waals surface area contributed by atoms with Crippen LogP contribution in [0.1, 0.15) is 24.0 Å². The van der Waals surface area contributed by atoms with E-state index in [1.54, 1.807) is 0 Å². The minimum Gasteiger partial charge on any atom is -0.371 e. The van der Waals surface area contributed by atoms with Gasteiger partial charge in [-0.25, -0.2) is 0 Å². The van der Waals surface area contributed by atoms with Gasteiger partial charge in [0.05, 0.1) is 12.1 Å². The Kier molecular flexibility index (Phi) is 3.26. The van der Waals surface area contributed by atoms with E-state index in [0.29, 0.717) is 12.8 Å². The van der Waals surface area contributed by atoms with E-state index in [1.807, 2.05) is 0 Å². The highest BCUT2D eigenvalue weighted by Gasteiger charge is 2.35. The number of nitrogens with zero attached hydrogens (tertiary/aromatic N) is 3. The third-order valence-corrected chi connectivity index (χ3v) is 3.75. The first-order chi connectivity index (χ1) is 8.60. The summed E-state index contributed by atoms with van der Waals surface area (Å²) in [5.74, 6) is 0. The van der Waals surface area contributed by atoms with Crippen LogP contribution in [0.3, 0.4) is 0 Å². The number of hydrogen-bond acceptors (Lipinski definition) is 3. The largest absolute Gasteiger partial charge is 0.371 e. The number of hydrogen-bond donors (Lipinski definition) is 0. The maximum absolute atomic E-state index is 9.11. The molecule has 1 aliphatic heterocycles. The summed E-state index contributed by atoms with van der Waals surface area (Å²) in [6.45, 7) is 5.75. The maximum Gasteiger partial charge on any atom is 0.147 e. The number of anilines is 1. The summed E-state index contributed by atoms with van der Waals surface area (Å²) in [6, 6.07) is 10.8. The maximum atomic E-state index is 9.11. The average molecular weight is 239 g/mol. The van der Waals surface area contributed by atoms with Crippen molar-refractivity contribution in [1.29, 1.82) is 10.5 Å². The van der Waals surface area contributed by atoms with Crippen molar-refractivity contribution in [3.05, 3.63) is 29.3 Å². The number of benzene rings is 1. The highest BCUT2D eigenvalue weighted by atomic mass is 15.1. The molecule has 0 atom stereocenters. The number of nitriles is 2. The van der Waals surface area contributed by atoms with Gasteiger partial charge in [-0.2, -0.15) is 10.5 Å². The molecule has 0 aromatic heterocycles. The van der Waals surface area contributed by atoms with Gasteiger partial charge >= 0.3 is 0 Å². The third-order valence-electron chi connectivity index (χ3n) is 3.75. The van der Waals surface area contributed by atoms with Crippen molar-refractivity contribution in [3.63, 3.8) is 0 Å². The minimum absolute atomic E-state index is 0.632. The second-order valence-corrected chi connectivity index (χ2v) is 5.08. The van der Waals surface area contributed by atoms with Gasteiger partial charge in [0.15, 0.2) is 0 Å². The molecular weight excluding hydrogens is 222 g/mol. The first-order valence-electron chi connectivity index (χ1n) is 6.25. The van der Waals surface area contributed by atoms with Crippen molar-refractivity contribution in [3.8, 4) is 12.1 Å². The Balaban J connectivity index is 2.18. The molecular formula is C15H17N3. The zero-order valence-corrected chi connectivity index (χ0v) is 10.9. The van der Waals surface area contributed by atoms with Gasteiger partial charge in [-0.1, -0.05) is 12.1 Å². The van der Waals surface area contributed by atoms with Gasteiger partial charge in [-0.15, -0.1) is 0 Å². The molecule has 0 aliphatic carbocycles. The summed E-state index contributed by atoms with van der Waals surface area (Å²) < 4.78 is 0. The summed E-state index contributed by atoms with van der Waals surface area (Å²) in [6.07, 6.45) is 1.26. The molecule has 0 saturated carbocycles. The molecule has 0 N–H and O–H groups in total. The van der Waals surface area contributed by atoms with Crippen LogP contribution in [0.5, 0.6) is 0 Å². The lowest BCUT2D eigenvalue weighted by atomic mass is 9.81. The Labute approximate surface area is 108 Å². The Morgan fingerprint density at radius 2 is 1.72 bits per heavy atom. The summed E-state index contributed by atoms with van der Waals surface area (Å²) in [5.41, 5.74) is 2.96. The smallest absolute Gasteiger partial charge is 0.147 e. The van der Waals surface area contributed by atoms with Crippen molar-refractivity contribution in [2.75, 3.05) is 18.0 Å². The van der Waals surface area contributed by atoms with E-state index in [-0.39, 0.29) is 0 Å². The fourth-order valence-electron chi connectivity index (χ4n) is 2.44. The van der Waals surface area contributed by atoms with Crippen molar-refractivity contribution in [1.82, 2.24) is 0 Å². The molecule has 0 bridgehead atoms. The van der Waals surface area contributed by atoms with Crippen LogP contribution in [-0.2, 0) is 0 Å². The average Bonchev–Trinajstić information content (AvgIpc) is 2.42. The normalized spacial score (nSPS) is 17.9. The van der Waals surface area contributed by atoms with Crippen LogP contribution in [0.25, 0.3) is 0 Å². The molecule has 1 aliphatic rings. The number of piperidine rings is 1. The third kappa shape index (κ3) is 2.17. The van der Waals surface area contributed by atoms with Gasteiger partial charge in [0.1, 0.15) is 5.41 Å². The second kappa shape index (κ2) is 4.70. The lowest BCUT2D eigenvalue weighted by Crippen LogP contribution is -2.39. The molecule has 18 heavy (non-hydrogen) atoms. The zero-order chi connectivity index (χ0) is 13.2. The van der Waals surface area contributed by atoms with Crippen LogP contribution in [0.4, 0.5) is 5.69 Å². The summed E-state index contributed by atoms with van der Waals surface area (Å²) >= 11 is 0. The molecule has 1 saturated heterocycles. The van der Waals surface area contributed by atoms with E-state index in [1.165, 1.54) is 16.8 Å². The van der Waals surface area contributed by atoms with Crippen LogP contribution >= 0.6 is 0 Å². The fraction of sp³-hybridized carbons (Fsp3) is 0.467. The van der Waals surface area contributed by atoms with Crippen molar-refractivity contribution >= 4 is 5.69 Å². The quantitative estimate of drug-likeness (QED) is 0.757. The molecule has 0 unspecified atom stereocenters. The van der Waals surface area contributed by atoms with E-state index in [0.717, 1.165) is 13.1 Å².